The minimum Gasteiger partial charge on any atom is -0.483 e. The van der Waals surface area contributed by atoms with E-state index in [0.29, 0.717) is 23.1 Å². The maximum Gasteiger partial charge on any atom is 0.336 e. The molecule has 0 saturated heterocycles. The Morgan fingerprint density at radius 1 is 1.14 bits per heavy atom. The molecule has 142 valence electrons. The van der Waals surface area contributed by atoms with Crippen molar-refractivity contribution in [1.82, 2.24) is 15.2 Å². The Hall–Kier alpha value is -3.48. The third kappa shape index (κ3) is 3.51. The SMILES string of the molecule is CCCc1cc(=O)oc2c(C)c(OCc3nnc(-c4cccnc4)o3)ccc12. The molecule has 0 fully saturated rings. The van der Waals surface area contributed by atoms with Gasteiger partial charge in [-0.25, -0.2) is 4.79 Å². The average molecular weight is 377 g/mol. The monoisotopic (exact) mass is 377 g/mol. The summed E-state index contributed by atoms with van der Waals surface area (Å²) in [5.74, 6) is 1.34. The maximum atomic E-state index is 11.9. The van der Waals surface area contributed by atoms with Crippen LogP contribution < -0.4 is 10.4 Å². The number of fused-ring (bicyclic) bond motifs is 1. The molecule has 0 amide bonds. The lowest BCUT2D eigenvalue weighted by molar-refractivity contribution is 0.263. The van der Waals surface area contributed by atoms with E-state index in [1.54, 1.807) is 24.5 Å². The summed E-state index contributed by atoms with van der Waals surface area (Å²) in [6.45, 7) is 4.05. The van der Waals surface area contributed by atoms with Gasteiger partial charge in [0.1, 0.15) is 11.3 Å². The van der Waals surface area contributed by atoms with Crippen molar-refractivity contribution in [1.29, 1.82) is 0 Å². The molecule has 0 N–H and O–H groups in total. The number of benzene rings is 1. The van der Waals surface area contributed by atoms with Gasteiger partial charge >= 0.3 is 5.63 Å². The molecular formula is C21H19N3O4. The van der Waals surface area contributed by atoms with E-state index in [1.165, 1.54) is 0 Å². The summed E-state index contributed by atoms with van der Waals surface area (Å²) in [6.07, 6.45) is 5.10. The summed E-state index contributed by atoms with van der Waals surface area (Å²) in [5, 5.41) is 8.96. The number of ether oxygens (including phenoxy) is 1. The van der Waals surface area contributed by atoms with E-state index in [2.05, 4.69) is 22.1 Å². The van der Waals surface area contributed by atoms with Crippen molar-refractivity contribution in [3.05, 3.63) is 70.2 Å². The molecular weight excluding hydrogens is 358 g/mol. The van der Waals surface area contributed by atoms with Crippen LogP contribution in [0, 0.1) is 6.92 Å². The van der Waals surface area contributed by atoms with Crippen molar-refractivity contribution < 1.29 is 13.6 Å². The molecule has 7 heteroatoms. The zero-order chi connectivity index (χ0) is 19.5. The molecule has 0 radical (unpaired) electrons. The first-order valence-corrected chi connectivity index (χ1v) is 9.07. The largest absolute Gasteiger partial charge is 0.483 e. The van der Waals surface area contributed by atoms with E-state index in [0.717, 1.165) is 34.9 Å². The highest BCUT2D eigenvalue weighted by Crippen LogP contribution is 2.29. The van der Waals surface area contributed by atoms with Gasteiger partial charge in [0.15, 0.2) is 6.61 Å². The van der Waals surface area contributed by atoms with Gasteiger partial charge in [-0.3, -0.25) is 4.98 Å². The number of rotatable bonds is 6. The van der Waals surface area contributed by atoms with Crippen molar-refractivity contribution >= 4 is 11.0 Å². The van der Waals surface area contributed by atoms with Crippen LogP contribution in [0.3, 0.4) is 0 Å². The standard InChI is InChI=1S/C21H19N3O4/c1-3-5-14-10-19(25)28-20-13(2)17(8-7-16(14)20)26-12-18-23-24-21(27-18)15-6-4-9-22-11-15/h4,6-11H,3,5,12H2,1-2H3. The first-order chi connectivity index (χ1) is 13.7. The second-order valence-corrected chi connectivity index (χ2v) is 6.44. The zero-order valence-corrected chi connectivity index (χ0v) is 15.6. The summed E-state index contributed by atoms with van der Waals surface area (Å²) in [7, 11) is 0. The molecule has 0 saturated carbocycles. The Kier molecular flexibility index (Phi) is 4.89. The molecule has 7 nitrogen and oxygen atoms in total. The minimum atomic E-state index is -0.353. The number of pyridine rings is 1. The molecule has 0 bridgehead atoms. The van der Waals surface area contributed by atoms with E-state index < -0.39 is 0 Å². The van der Waals surface area contributed by atoms with Gasteiger partial charge in [0.05, 0.1) is 5.56 Å². The fraction of sp³-hybridized carbons (Fsp3) is 0.238. The zero-order valence-electron chi connectivity index (χ0n) is 15.6. The lowest BCUT2D eigenvalue weighted by atomic mass is 10.0. The van der Waals surface area contributed by atoms with Crippen LogP contribution in [0.1, 0.15) is 30.4 Å². The van der Waals surface area contributed by atoms with Crippen LogP contribution in [0.15, 0.2) is 56.4 Å². The molecule has 0 aliphatic heterocycles. The van der Waals surface area contributed by atoms with E-state index >= 15 is 0 Å². The predicted octanol–water partition coefficient (Wildman–Crippen LogP) is 4.08. The molecule has 1 aromatic carbocycles. The van der Waals surface area contributed by atoms with Crippen molar-refractivity contribution in [2.45, 2.75) is 33.3 Å². The summed E-state index contributed by atoms with van der Waals surface area (Å²) in [6, 6.07) is 8.99. The Labute approximate surface area is 161 Å². The Morgan fingerprint density at radius 3 is 2.82 bits per heavy atom. The van der Waals surface area contributed by atoms with E-state index in [4.69, 9.17) is 13.6 Å². The van der Waals surface area contributed by atoms with E-state index in [-0.39, 0.29) is 12.2 Å². The highest BCUT2D eigenvalue weighted by atomic mass is 16.5. The van der Waals surface area contributed by atoms with E-state index in [1.807, 2.05) is 25.1 Å². The summed E-state index contributed by atoms with van der Waals surface area (Å²) < 4.78 is 16.9. The topological polar surface area (TPSA) is 91.2 Å². The molecule has 4 rings (SSSR count). The fourth-order valence-corrected chi connectivity index (χ4v) is 3.10. The maximum absolute atomic E-state index is 11.9. The van der Waals surface area contributed by atoms with Crippen LogP contribution in [-0.2, 0) is 13.0 Å². The summed E-state index contributed by atoms with van der Waals surface area (Å²) >= 11 is 0. The molecule has 0 spiro atoms. The molecule has 3 heterocycles. The second-order valence-electron chi connectivity index (χ2n) is 6.44. The van der Waals surface area contributed by atoms with Gasteiger partial charge in [0.2, 0.25) is 5.89 Å². The quantitative estimate of drug-likeness (QED) is 0.468. The molecule has 0 unspecified atom stereocenters. The van der Waals surface area contributed by atoms with E-state index in [9.17, 15) is 4.79 Å². The van der Waals surface area contributed by atoms with Crippen molar-refractivity contribution in [2.24, 2.45) is 0 Å². The average Bonchev–Trinajstić information content (AvgIpc) is 3.18. The summed E-state index contributed by atoms with van der Waals surface area (Å²) in [5.41, 5.74) is 2.69. The van der Waals surface area contributed by atoms with Gasteiger partial charge in [-0.2, -0.15) is 0 Å². The Balaban J connectivity index is 1.58. The molecule has 0 atom stereocenters. The highest BCUT2D eigenvalue weighted by Gasteiger charge is 2.14. The van der Waals surface area contributed by atoms with Gasteiger partial charge in [-0.1, -0.05) is 13.3 Å². The van der Waals surface area contributed by atoms with Crippen LogP contribution in [0.2, 0.25) is 0 Å². The van der Waals surface area contributed by atoms with Crippen LogP contribution >= 0.6 is 0 Å². The molecule has 0 aliphatic carbocycles. The third-order valence-corrected chi connectivity index (χ3v) is 4.44. The van der Waals surface area contributed by atoms with Crippen molar-refractivity contribution in [2.75, 3.05) is 0 Å². The minimum absolute atomic E-state index is 0.110. The van der Waals surface area contributed by atoms with Gasteiger partial charge in [-0.05, 0) is 43.2 Å². The molecule has 28 heavy (non-hydrogen) atoms. The number of hydrogen-bond donors (Lipinski definition) is 0. The number of hydrogen-bond acceptors (Lipinski definition) is 7. The number of aryl methyl sites for hydroxylation is 2. The highest BCUT2D eigenvalue weighted by molar-refractivity contribution is 5.84. The number of aromatic nitrogens is 3. The van der Waals surface area contributed by atoms with Gasteiger partial charge in [-0.15, -0.1) is 10.2 Å². The first kappa shape index (κ1) is 17.9. The van der Waals surface area contributed by atoms with Crippen molar-refractivity contribution in [3.8, 4) is 17.2 Å². The van der Waals surface area contributed by atoms with Crippen molar-refractivity contribution in [3.63, 3.8) is 0 Å². The second kappa shape index (κ2) is 7.64. The normalized spacial score (nSPS) is 11.1. The summed E-state index contributed by atoms with van der Waals surface area (Å²) in [4.78, 5) is 16.0. The van der Waals surface area contributed by atoms with Gasteiger partial charge in [0.25, 0.3) is 5.89 Å². The lowest BCUT2D eigenvalue weighted by Crippen LogP contribution is -2.03. The fourth-order valence-electron chi connectivity index (χ4n) is 3.10. The van der Waals surface area contributed by atoms with Crippen LogP contribution in [-0.4, -0.2) is 15.2 Å². The van der Waals surface area contributed by atoms with Crippen LogP contribution in [0.25, 0.3) is 22.4 Å². The van der Waals surface area contributed by atoms with Crippen LogP contribution in [0.4, 0.5) is 0 Å². The number of nitrogens with zero attached hydrogens (tertiary/aromatic N) is 3. The smallest absolute Gasteiger partial charge is 0.336 e. The molecule has 3 aromatic heterocycles. The van der Waals surface area contributed by atoms with Crippen LogP contribution in [0.5, 0.6) is 5.75 Å². The Bertz CT molecular complexity index is 1170. The van der Waals surface area contributed by atoms with Gasteiger partial charge in [0, 0.05) is 29.4 Å². The van der Waals surface area contributed by atoms with Gasteiger partial charge < -0.3 is 13.6 Å². The molecule has 4 aromatic rings. The predicted molar refractivity (Wildman–Crippen MR) is 103 cm³/mol. The third-order valence-electron chi connectivity index (χ3n) is 4.44. The first-order valence-electron chi connectivity index (χ1n) is 9.07. The molecule has 0 aliphatic rings. The Morgan fingerprint density at radius 2 is 2.04 bits per heavy atom. The lowest BCUT2D eigenvalue weighted by Gasteiger charge is -2.11.